The molecule has 1 saturated carbocycles. The predicted molar refractivity (Wildman–Crippen MR) is 140 cm³/mol. The molecule has 35 heavy (non-hydrogen) atoms. The smallest absolute Gasteiger partial charge is 0.132 e. The number of nitrogens with zero attached hydrogens (tertiary/aromatic N) is 2. The standard InChI is InChI=1S/C28H28Cl2N2O3/c1-33-22-10-4-18(5-11-22)25-26(19-6-12-23(34-2)13-7-19)32(17-21-16-28(21,29)30)27(31-25)20-8-14-24(35-3)15-9-20/h4-15,21,25-26H,16-17H2,1-3H3. The lowest BCUT2D eigenvalue weighted by molar-refractivity contribution is 0.299. The molecular formula is C28H28Cl2N2O3. The molecule has 5 nitrogen and oxygen atoms in total. The molecule has 0 radical (unpaired) electrons. The van der Waals surface area contributed by atoms with E-state index in [-0.39, 0.29) is 18.0 Å². The van der Waals surface area contributed by atoms with Crippen LogP contribution in [-0.4, -0.2) is 42.9 Å². The second-order valence-electron chi connectivity index (χ2n) is 8.93. The van der Waals surface area contributed by atoms with E-state index in [2.05, 4.69) is 29.2 Å². The molecule has 1 aliphatic carbocycles. The van der Waals surface area contributed by atoms with Gasteiger partial charge in [-0.05, 0) is 66.1 Å². The Morgan fingerprint density at radius 2 is 1.23 bits per heavy atom. The van der Waals surface area contributed by atoms with Crippen LogP contribution >= 0.6 is 23.2 Å². The van der Waals surface area contributed by atoms with E-state index >= 15 is 0 Å². The molecule has 3 atom stereocenters. The number of hydrogen-bond acceptors (Lipinski definition) is 5. The highest BCUT2D eigenvalue weighted by atomic mass is 35.5. The molecule has 3 aromatic rings. The minimum absolute atomic E-state index is 0.0314. The normalized spacial score (nSPS) is 22.5. The van der Waals surface area contributed by atoms with E-state index in [0.717, 1.165) is 46.2 Å². The van der Waals surface area contributed by atoms with Crippen molar-refractivity contribution in [3.05, 3.63) is 89.5 Å². The Kier molecular flexibility index (Phi) is 6.56. The first-order valence-corrected chi connectivity index (χ1v) is 12.3. The minimum Gasteiger partial charge on any atom is -0.497 e. The summed E-state index contributed by atoms with van der Waals surface area (Å²) < 4.78 is 15.5. The van der Waals surface area contributed by atoms with Crippen LogP contribution in [0.3, 0.4) is 0 Å². The fraction of sp³-hybridized carbons (Fsp3) is 0.321. The van der Waals surface area contributed by atoms with Crippen LogP contribution in [0, 0.1) is 5.92 Å². The highest BCUT2D eigenvalue weighted by Crippen LogP contribution is 2.55. The van der Waals surface area contributed by atoms with Gasteiger partial charge in [0, 0.05) is 18.0 Å². The van der Waals surface area contributed by atoms with Crippen molar-refractivity contribution < 1.29 is 14.2 Å². The summed E-state index contributed by atoms with van der Waals surface area (Å²) in [5.74, 6) is 3.53. The van der Waals surface area contributed by atoms with Crippen molar-refractivity contribution in [1.82, 2.24) is 4.90 Å². The summed E-state index contributed by atoms with van der Waals surface area (Å²) in [6.07, 6.45) is 0.769. The maximum absolute atomic E-state index is 6.49. The summed E-state index contributed by atoms with van der Waals surface area (Å²) in [5, 5.41) is 0. The Hall–Kier alpha value is -2.89. The summed E-state index contributed by atoms with van der Waals surface area (Å²) in [6, 6.07) is 24.2. The van der Waals surface area contributed by atoms with Gasteiger partial charge in [-0.15, -0.1) is 23.2 Å². The lowest BCUT2D eigenvalue weighted by Crippen LogP contribution is -2.34. The van der Waals surface area contributed by atoms with Crippen LogP contribution in [0.15, 0.2) is 77.8 Å². The number of hydrogen-bond donors (Lipinski definition) is 0. The second-order valence-corrected chi connectivity index (χ2v) is 10.5. The van der Waals surface area contributed by atoms with Crippen molar-refractivity contribution in [2.24, 2.45) is 10.9 Å². The number of rotatable bonds is 8. The molecule has 3 unspecified atom stereocenters. The molecule has 5 rings (SSSR count). The third-order valence-corrected chi connectivity index (χ3v) is 7.73. The van der Waals surface area contributed by atoms with Crippen LogP contribution in [0.25, 0.3) is 0 Å². The predicted octanol–water partition coefficient (Wildman–Crippen LogP) is 6.45. The van der Waals surface area contributed by atoms with Gasteiger partial charge < -0.3 is 19.1 Å². The van der Waals surface area contributed by atoms with E-state index in [9.17, 15) is 0 Å². The van der Waals surface area contributed by atoms with Crippen LogP contribution in [0.5, 0.6) is 17.2 Å². The van der Waals surface area contributed by atoms with Crippen LogP contribution in [0.1, 0.15) is 35.2 Å². The van der Waals surface area contributed by atoms with Crippen molar-refractivity contribution >= 4 is 29.0 Å². The average molecular weight is 511 g/mol. The molecular weight excluding hydrogens is 483 g/mol. The fourth-order valence-corrected chi connectivity index (χ4v) is 5.20. The average Bonchev–Trinajstić information content (AvgIpc) is 3.33. The first kappa shape index (κ1) is 23.8. The van der Waals surface area contributed by atoms with Crippen LogP contribution in [0.2, 0.25) is 0 Å². The van der Waals surface area contributed by atoms with E-state index in [0.29, 0.717) is 6.54 Å². The van der Waals surface area contributed by atoms with Crippen LogP contribution in [-0.2, 0) is 0 Å². The monoisotopic (exact) mass is 510 g/mol. The van der Waals surface area contributed by atoms with E-state index in [1.54, 1.807) is 21.3 Å². The third-order valence-electron chi connectivity index (χ3n) is 6.80. The van der Waals surface area contributed by atoms with Gasteiger partial charge in [0.15, 0.2) is 0 Å². The summed E-state index contributed by atoms with van der Waals surface area (Å²) in [4.78, 5) is 7.65. The van der Waals surface area contributed by atoms with Gasteiger partial charge >= 0.3 is 0 Å². The zero-order chi connectivity index (χ0) is 24.6. The molecule has 0 amide bonds. The van der Waals surface area contributed by atoms with Crippen molar-refractivity contribution in [2.45, 2.75) is 22.8 Å². The quantitative estimate of drug-likeness (QED) is 0.326. The Morgan fingerprint density at radius 1 is 0.771 bits per heavy atom. The van der Waals surface area contributed by atoms with Gasteiger partial charge in [-0.1, -0.05) is 24.3 Å². The highest BCUT2D eigenvalue weighted by Gasteiger charge is 2.54. The highest BCUT2D eigenvalue weighted by molar-refractivity contribution is 6.50. The molecule has 0 spiro atoms. The van der Waals surface area contributed by atoms with E-state index < -0.39 is 4.33 Å². The van der Waals surface area contributed by atoms with Gasteiger partial charge in [-0.3, -0.25) is 4.99 Å². The first-order valence-electron chi connectivity index (χ1n) is 11.6. The van der Waals surface area contributed by atoms with Crippen molar-refractivity contribution in [2.75, 3.05) is 27.9 Å². The molecule has 1 aliphatic heterocycles. The van der Waals surface area contributed by atoms with Gasteiger partial charge in [-0.25, -0.2) is 0 Å². The molecule has 0 saturated heterocycles. The molecule has 182 valence electrons. The number of methoxy groups -OCH3 is 3. The second kappa shape index (κ2) is 9.63. The number of ether oxygens (including phenoxy) is 3. The molecule has 3 aromatic carbocycles. The lowest BCUT2D eigenvalue weighted by Gasteiger charge is -2.32. The number of halogens is 2. The van der Waals surface area contributed by atoms with Gasteiger partial charge in [0.1, 0.15) is 33.5 Å². The van der Waals surface area contributed by atoms with Crippen LogP contribution in [0.4, 0.5) is 0 Å². The van der Waals surface area contributed by atoms with E-state index in [1.165, 1.54) is 0 Å². The Balaban J connectivity index is 1.60. The molecule has 2 aliphatic rings. The maximum Gasteiger partial charge on any atom is 0.132 e. The van der Waals surface area contributed by atoms with Gasteiger partial charge in [0.2, 0.25) is 0 Å². The van der Waals surface area contributed by atoms with Crippen molar-refractivity contribution in [1.29, 1.82) is 0 Å². The van der Waals surface area contributed by atoms with Crippen LogP contribution < -0.4 is 14.2 Å². The van der Waals surface area contributed by atoms with E-state index in [4.69, 9.17) is 42.4 Å². The topological polar surface area (TPSA) is 43.3 Å². The van der Waals surface area contributed by atoms with Gasteiger partial charge in [0.25, 0.3) is 0 Å². The SMILES string of the molecule is COc1ccc(C2=NC(c3ccc(OC)cc3)C(c3ccc(OC)cc3)N2CC2CC2(Cl)Cl)cc1. The molecule has 0 bridgehead atoms. The molecule has 0 aromatic heterocycles. The molecule has 7 heteroatoms. The van der Waals surface area contributed by atoms with Crippen molar-refractivity contribution in [3.8, 4) is 17.2 Å². The number of benzene rings is 3. The minimum atomic E-state index is -0.687. The fourth-order valence-electron chi connectivity index (χ4n) is 4.69. The summed E-state index contributed by atoms with van der Waals surface area (Å²) in [6.45, 7) is 0.710. The Morgan fingerprint density at radius 3 is 1.69 bits per heavy atom. The van der Waals surface area contributed by atoms with Gasteiger partial charge in [0.05, 0.1) is 27.4 Å². The number of alkyl halides is 2. The lowest BCUT2D eigenvalue weighted by atomic mass is 9.93. The molecule has 0 N–H and O–H groups in total. The zero-order valence-electron chi connectivity index (χ0n) is 19.9. The first-order chi connectivity index (χ1) is 16.9. The maximum atomic E-state index is 6.49. The largest absolute Gasteiger partial charge is 0.497 e. The van der Waals surface area contributed by atoms with Gasteiger partial charge in [-0.2, -0.15) is 0 Å². The Bertz CT molecular complexity index is 1190. The Labute approximate surface area is 216 Å². The molecule has 1 fully saturated rings. The number of amidine groups is 1. The molecule has 1 heterocycles. The van der Waals surface area contributed by atoms with Crippen molar-refractivity contribution in [3.63, 3.8) is 0 Å². The van der Waals surface area contributed by atoms with E-state index in [1.807, 2.05) is 48.5 Å². The third kappa shape index (κ3) is 4.80. The summed E-state index contributed by atoms with van der Waals surface area (Å²) in [5.41, 5.74) is 3.28. The number of aliphatic imine (C=N–C) groups is 1. The zero-order valence-corrected chi connectivity index (χ0v) is 21.5. The summed E-state index contributed by atoms with van der Waals surface area (Å²) in [7, 11) is 5.02. The summed E-state index contributed by atoms with van der Waals surface area (Å²) >= 11 is 13.0.